The lowest BCUT2D eigenvalue weighted by molar-refractivity contribution is -0.0529. The first kappa shape index (κ1) is 10.8. The highest BCUT2D eigenvalue weighted by atomic mass is 79.9. The van der Waals surface area contributed by atoms with Gasteiger partial charge >= 0.3 is 6.61 Å². The molecule has 3 nitrogen and oxygen atoms in total. The molecule has 2 atom stereocenters. The zero-order valence-corrected chi connectivity index (χ0v) is 9.12. The Bertz CT molecular complexity index is 375. The maximum atomic E-state index is 11.9. The molecule has 82 valence electrons. The minimum atomic E-state index is -2.87. The average molecular weight is 280 g/mol. The molecule has 0 saturated heterocycles. The molecule has 6 heteroatoms. The third-order valence-corrected chi connectivity index (χ3v) is 3.07. The van der Waals surface area contributed by atoms with E-state index in [2.05, 4.69) is 25.7 Å². The highest BCUT2D eigenvalue weighted by Gasteiger charge is 2.30. The van der Waals surface area contributed by atoms with E-state index in [1.807, 2.05) is 0 Å². The largest absolute Gasteiger partial charge is 0.417 e. The van der Waals surface area contributed by atoms with Gasteiger partial charge in [-0.25, -0.2) is 4.98 Å². The van der Waals surface area contributed by atoms with E-state index in [-0.39, 0.29) is 10.7 Å². The molecule has 0 bridgehead atoms. The summed E-state index contributed by atoms with van der Waals surface area (Å²) in [5, 5.41) is 9.65. The number of aromatic nitrogens is 1. The Hall–Kier alpha value is -0.750. The van der Waals surface area contributed by atoms with Gasteiger partial charge in [0.15, 0.2) is 0 Å². The van der Waals surface area contributed by atoms with Crippen molar-refractivity contribution in [1.82, 2.24) is 4.98 Å². The van der Waals surface area contributed by atoms with Gasteiger partial charge in [-0.3, -0.25) is 0 Å². The molecular weight excluding hydrogens is 272 g/mol. The minimum Gasteiger partial charge on any atom is -0.417 e. The van der Waals surface area contributed by atoms with Gasteiger partial charge in [0, 0.05) is 18.1 Å². The second kappa shape index (κ2) is 4.02. The lowest BCUT2D eigenvalue weighted by Crippen LogP contribution is -2.04. The number of hydrogen-bond donors (Lipinski definition) is 1. The Balaban J connectivity index is 2.25. The molecule has 1 aromatic rings. The van der Waals surface area contributed by atoms with Gasteiger partial charge in [0.25, 0.3) is 0 Å². The number of aliphatic hydroxyl groups excluding tert-OH is 1. The van der Waals surface area contributed by atoms with E-state index in [0.29, 0.717) is 17.7 Å². The van der Waals surface area contributed by atoms with Crippen molar-refractivity contribution in [1.29, 1.82) is 0 Å². The molecule has 1 aromatic heterocycles. The second-order valence-corrected chi connectivity index (χ2v) is 4.41. The Labute approximate surface area is 93.2 Å². The van der Waals surface area contributed by atoms with E-state index in [0.717, 1.165) is 0 Å². The van der Waals surface area contributed by atoms with Gasteiger partial charge in [0.2, 0.25) is 5.88 Å². The number of ether oxygens (including phenoxy) is 1. The van der Waals surface area contributed by atoms with Gasteiger partial charge < -0.3 is 9.84 Å². The SMILES string of the molecule is OC1c2ccc(OC(F)F)nc2CC1Br. The van der Waals surface area contributed by atoms with Crippen LogP contribution in [0, 0.1) is 0 Å². The number of halogens is 3. The number of aliphatic hydroxyl groups is 1. The second-order valence-electron chi connectivity index (χ2n) is 3.23. The average Bonchev–Trinajstić information content (AvgIpc) is 2.41. The summed E-state index contributed by atoms with van der Waals surface area (Å²) in [5.41, 5.74) is 1.26. The third kappa shape index (κ3) is 2.10. The molecule has 2 rings (SSSR count). The molecule has 0 aliphatic heterocycles. The first-order chi connectivity index (χ1) is 7.08. The number of alkyl halides is 3. The topological polar surface area (TPSA) is 42.4 Å². The van der Waals surface area contributed by atoms with E-state index < -0.39 is 12.7 Å². The van der Waals surface area contributed by atoms with Crippen molar-refractivity contribution in [3.63, 3.8) is 0 Å². The summed E-state index contributed by atoms with van der Waals surface area (Å²) in [5.74, 6) is -0.113. The number of fused-ring (bicyclic) bond motifs is 1. The Morgan fingerprint density at radius 2 is 2.27 bits per heavy atom. The molecule has 0 saturated carbocycles. The number of rotatable bonds is 2. The molecule has 1 aliphatic rings. The summed E-state index contributed by atoms with van der Waals surface area (Å²) >= 11 is 3.28. The summed E-state index contributed by atoms with van der Waals surface area (Å²) in [6, 6.07) is 2.89. The van der Waals surface area contributed by atoms with Gasteiger partial charge in [-0.05, 0) is 6.07 Å². The summed E-state index contributed by atoms with van der Waals surface area (Å²) in [6.45, 7) is -2.87. The molecule has 0 amide bonds. The smallest absolute Gasteiger partial charge is 0.388 e. The van der Waals surface area contributed by atoms with Crippen LogP contribution in [0.25, 0.3) is 0 Å². The van der Waals surface area contributed by atoms with Crippen molar-refractivity contribution in [3.8, 4) is 5.88 Å². The molecule has 0 radical (unpaired) electrons. The van der Waals surface area contributed by atoms with Crippen molar-refractivity contribution in [3.05, 3.63) is 23.4 Å². The van der Waals surface area contributed by atoms with Crippen molar-refractivity contribution in [2.45, 2.75) is 24.0 Å². The molecule has 0 fully saturated rings. The predicted molar refractivity (Wildman–Crippen MR) is 52.2 cm³/mol. The summed E-state index contributed by atoms with van der Waals surface area (Å²) in [6.07, 6.45) is -0.121. The van der Waals surface area contributed by atoms with Crippen molar-refractivity contribution >= 4 is 15.9 Å². The maximum absolute atomic E-state index is 11.9. The Kier molecular flexibility index (Phi) is 2.88. The fraction of sp³-hybridized carbons (Fsp3) is 0.444. The van der Waals surface area contributed by atoms with Crippen LogP contribution >= 0.6 is 15.9 Å². The van der Waals surface area contributed by atoms with Crippen molar-refractivity contribution in [2.75, 3.05) is 0 Å². The van der Waals surface area contributed by atoms with Gasteiger partial charge in [0.05, 0.1) is 16.6 Å². The molecule has 0 spiro atoms. The van der Waals surface area contributed by atoms with Gasteiger partial charge in [-0.1, -0.05) is 15.9 Å². The highest BCUT2D eigenvalue weighted by molar-refractivity contribution is 9.09. The van der Waals surface area contributed by atoms with Crippen LogP contribution in [-0.4, -0.2) is 21.5 Å². The highest BCUT2D eigenvalue weighted by Crippen LogP contribution is 2.35. The van der Waals surface area contributed by atoms with E-state index in [4.69, 9.17) is 0 Å². The minimum absolute atomic E-state index is 0.109. The van der Waals surface area contributed by atoms with E-state index in [9.17, 15) is 13.9 Å². The zero-order chi connectivity index (χ0) is 11.0. The van der Waals surface area contributed by atoms with E-state index in [1.165, 1.54) is 6.07 Å². The number of hydrogen-bond acceptors (Lipinski definition) is 3. The van der Waals surface area contributed by atoms with Crippen LogP contribution in [0.15, 0.2) is 12.1 Å². The first-order valence-electron chi connectivity index (χ1n) is 4.34. The monoisotopic (exact) mass is 279 g/mol. The molecule has 0 aromatic carbocycles. The normalized spacial score (nSPS) is 24.3. The quantitative estimate of drug-likeness (QED) is 0.843. The predicted octanol–water partition coefficient (Wildman–Crippen LogP) is 2.04. The zero-order valence-electron chi connectivity index (χ0n) is 7.53. The van der Waals surface area contributed by atoms with Crippen LogP contribution in [-0.2, 0) is 6.42 Å². The summed E-state index contributed by atoms with van der Waals surface area (Å²) in [4.78, 5) is 3.79. The lowest BCUT2D eigenvalue weighted by Gasteiger charge is -2.07. The van der Waals surface area contributed by atoms with Crippen LogP contribution in [0.1, 0.15) is 17.4 Å². The molecule has 1 heterocycles. The summed E-state index contributed by atoms with van der Waals surface area (Å²) < 4.78 is 28.0. The van der Waals surface area contributed by atoms with Gasteiger partial charge in [-0.15, -0.1) is 0 Å². The lowest BCUT2D eigenvalue weighted by atomic mass is 10.2. The van der Waals surface area contributed by atoms with E-state index in [1.54, 1.807) is 6.07 Å². The Morgan fingerprint density at radius 3 is 2.93 bits per heavy atom. The number of pyridine rings is 1. The third-order valence-electron chi connectivity index (χ3n) is 2.24. The van der Waals surface area contributed by atoms with Crippen LogP contribution in [0.3, 0.4) is 0 Å². The fourth-order valence-corrected chi connectivity index (χ4v) is 2.16. The molecule has 1 aliphatic carbocycles. The summed E-state index contributed by atoms with van der Waals surface area (Å²) in [7, 11) is 0. The van der Waals surface area contributed by atoms with E-state index >= 15 is 0 Å². The Morgan fingerprint density at radius 1 is 1.53 bits per heavy atom. The van der Waals surface area contributed by atoms with Crippen LogP contribution in [0.4, 0.5) is 8.78 Å². The standard InChI is InChI=1S/C9H8BrF2NO2/c10-5-3-6-4(8(5)14)1-2-7(13-6)15-9(11)12/h1-2,5,8-9,14H,3H2. The van der Waals surface area contributed by atoms with Crippen molar-refractivity contribution < 1.29 is 18.6 Å². The number of nitrogens with zero attached hydrogens (tertiary/aromatic N) is 1. The van der Waals surface area contributed by atoms with Gasteiger partial charge in [-0.2, -0.15) is 8.78 Å². The van der Waals surface area contributed by atoms with Gasteiger partial charge in [0.1, 0.15) is 0 Å². The maximum Gasteiger partial charge on any atom is 0.388 e. The molecule has 1 N–H and O–H groups in total. The van der Waals surface area contributed by atoms with Crippen LogP contribution in [0.2, 0.25) is 0 Å². The molecule has 2 unspecified atom stereocenters. The molecular formula is C9H8BrF2NO2. The first-order valence-corrected chi connectivity index (χ1v) is 5.26. The van der Waals surface area contributed by atoms with Crippen molar-refractivity contribution in [2.24, 2.45) is 0 Å². The molecule has 15 heavy (non-hydrogen) atoms. The van der Waals surface area contributed by atoms with Crippen LogP contribution in [0.5, 0.6) is 5.88 Å². The fourth-order valence-electron chi connectivity index (χ4n) is 1.57. The van der Waals surface area contributed by atoms with Crippen LogP contribution < -0.4 is 4.74 Å².